The average molecular weight is 450 g/mol. The summed E-state index contributed by atoms with van der Waals surface area (Å²) in [5.41, 5.74) is -2.65. The lowest BCUT2D eigenvalue weighted by atomic mass is 9.86. The second kappa shape index (κ2) is 8.68. The van der Waals surface area contributed by atoms with Crippen molar-refractivity contribution in [1.29, 1.82) is 0 Å². The topological polar surface area (TPSA) is 160 Å². The van der Waals surface area contributed by atoms with Gasteiger partial charge in [0.2, 0.25) is 5.54 Å². The summed E-state index contributed by atoms with van der Waals surface area (Å²) in [4.78, 5) is 60.8. The summed E-state index contributed by atoms with van der Waals surface area (Å²) >= 11 is 0.946. The minimum absolute atomic E-state index is 0.00518. The Kier molecular flexibility index (Phi) is 6.20. The van der Waals surface area contributed by atoms with E-state index in [0.717, 1.165) is 23.6 Å². The molecule has 2 aliphatic heterocycles. The predicted molar refractivity (Wildman–Crippen MR) is 105 cm³/mol. The molecule has 0 saturated carbocycles. The third-order valence-electron chi connectivity index (χ3n) is 4.59. The van der Waals surface area contributed by atoms with Crippen LogP contribution in [-0.2, 0) is 28.7 Å². The van der Waals surface area contributed by atoms with Crippen molar-refractivity contribution in [2.24, 2.45) is 0 Å². The quantitative estimate of drug-likeness (QED) is 0.275. The number of thioether (sulfide) groups is 1. The van der Waals surface area contributed by atoms with Gasteiger partial charge in [-0.1, -0.05) is 18.2 Å². The Morgan fingerprint density at radius 3 is 2.48 bits per heavy atom. The van der Waals surface area contributed by atoms with E-state index in [-0.39, 0.29) is 17.9 Å². The zero-order valence-electron chi connectivity index (χ0n) is 16.2. The number of fused-ring (bicyclic) bond motifs is 1. The van der Waals surface area contributed by atoms with Crippen molar-refractivity contribution in [2.75, 3.05) is 19.0 Å². The Hall–Kier alpha value is -3.54. The Morgan fingerprint density at radius 2 is 1.90 bits per heavy atom. The van der Waals surface area contributed by atoms with Crippen molar-refractivity contribution in [2.45, 2.75) is 17.8 Å². The molecule has 164 valence electrons. The van der Waals surface area contributed by atoms with Crippen LogP contribution < -0.4 is 10.1 Å². The standard InChI is InChI=1S/C19H18N2O9S/c1-10(22)29-7-11-9-31-17-19(18(27)28,16(26)21(17)14(11)15(24)25)20-13(23)8-30-12-5-3-2-4-6-12/h2-6,17H,7-9H2,1H3,(H,20,23)(H,24,25)(H,27,28)/t17-,19+/m1/s1. The second-order valence-corrected chi connectivity index (χ2v) is 7.71. The number of carbonyl (C=O) groups is 5. The number of benzene rings is 1. The summed E-state index contributed by atoms with van der Waals surface area (Å²) in [6.07, 6.45) is 0. The van der Waals surface area contributed by atoms with Gasteiger partial charge < -0.3 is 25.0 Å². The van der Waals surface area contributed by atoms with Gasteiger partial charge in [-0.05, 0) is 12.1 Å². The fraction of sp³-hybridized carbons (Fsp3) is 0.316. The van der Waals surface area contributed by atoms with Crippen LogP contribution in [0.2, 0.25) is 0 Å². The lowest BCUT2D eigenvalue weighted by Gasteiger charge is -2.54. The summed E-state index contributed by atoms with van der Waals surface area (Å²) in [6, 6.07) is 8.32. The smallest absolute Gasteiger partial charge is 0.352 e. The van der Waals surface area contributed by atoms with Crippen molar-refractivity contribution in [1.82, 2.24) is 10.2 Å². The van der Waals surface area contributed by atoms with Crippen molar-refractivity contribution in [3.05, 3.63) is 41.6 Å². The van der Waals surface area contributed by atoms with E-state index in [1.54, 1.807) is 30.3 Å². The van der Waals surface area contributed by atoms with Crippen LogP contribution in [0.4, 0.5) is 0 Å². The molecule has 2 heterocycles. The molecule has 0 bridgehead atoms. The number of nitrogens with one attached hydrogen (secondary N) is 1. The molecular weight excluding hydrogens is 432 g/mol. The van der Waals surface area contributed by atoms with Crippen molar-refractivity contribution in [3.63, 3.8) is 0 Å². The first-order valence-electron chi connectivity index (χ1n) is 8.94. The molecule has 1 fully saturated rings. The van der Waals surface area contributed by atoms with Crippen LogP contribution in [0.25, 0.3) is 0 Å². The van der Waals surface area contributed by atoms with Gasteiger partial charge in [-0.25, -0.2) is 9.59 Å². The lowest BCUT2D eigenvalue weighted by molar-refractivity contribution is -0.172. The summed E-state index contributed by atoms with van der Waals surface area (Å²) in [6.45, 7) is 0.262. The first-order valence-corrected chi connectivity index (χ1v) is 9.99. The fourth-order valence-corrected chi connectivity index (χ4v) is 4.65. The number of hydrogen-bond acceptors (Lipinski definition) is 8. The molecule has 31 heavy (non-hydrogen) atoms. The number of hydrogen-bond donors (Lipinski definition) is 3. The molecule has 0 aliphatic carbocycles. The molecule has 0 radical (unpaired) electrons. The summed E-state index contributed by atoms with van der Waals surface area (Å²) in [5.74, 6) is -5.32. The molecule has 2 atom stereocenters. The van der Waals surface area contributed by atoms with Gasteiger partial charge in [0.1, 0.15) is 23.4 Å². The molecule has 3 rings (SSSR count). The lowest BCUT2D eigenvalue weighted by Crippen LogP contribution is -2.83. The van der Waals surface area contributed by atoms with Crippen LogP contribution in [0.15, 0.2) is 41.6 Å². The second-order valence-electron chi connectivity index (χ2n) is 6.64. The molecule has 0 unspecified atom stereocenters. The molecular formula is C19H18N2O9S. The SMILES string of the molecule is CC(=O)OCC1=C(C(=O)O)N2C(=O)[C@@](NC(=O)COc3ccccc3)(C(=O)O)[C@H]2SC1. The summed E-state index contributed by atoms with van der Waals surface area (Å²) in [7, 11) is 0. The van der Waals surface area contributed by atoms with Crippen LogP contribution in [-0.4, -0.2) is 74.7 Å². The maximum atomic E-state index is 12.8. The van der Waals surface area contributed by atoms with Gasteiger partial charge in [-0.15, -0.1) is 11.8 Å². The van der Waals surface area contributed by atoms with E-state index >= 15 is 0 Å². The van der Waals surface area contributed by atoms with Crippen LogP contribution in [0.1, 0.15) is 6.92 Å². The van der Waals surface area contributed by atoms with Crippen molar-refractivity contribution < 1.29 is 43.7 Å². The van der Waals surface area contributed by atoms with E-state index in [0.29, 0.717) is 5.75 Å². The van der Waals surface area contributed by atoms with E-state index in [9.17, 15) is 34.2 Å². The van der Waals surface area contributed by atoms with Crippen LogP contribution in [0.5, 0.6) is 5.75 Å². The minimum atomic E-state index is -2.34. The first-order chi connectivity index (χ1) is 14.7. The zero-order valence-corrected chi connectivity index (χ0v) is 17.0. The maximum absolute atomic E-state index is 12.8. The summed E-state index contributed by atoms with van der Waals surface area (Å²) < 4.78 is 10.1. The molecule has 0 spiro atoms. The number of carboxylic acid groups (broad SMARTS) is 2. The molecule has 1 aromatic rings. The zero-order chi connectivity index (χ0) is 22.8. The minimum Gasteiger partial charge on any atom is -0.484 e. The van der Waals surface area contributed by atoms with E-state index in [1.165, 1.54) is 0 Å². The van der Waals surface area contributed by atoms with Gasteiger partial charge in [-0.3, -0.25) is 19.3 Å². The summed E-state index contributed by atoms with van der Waals surface area (Å²) in [5, 5.41) is 20.3. The van der Waals surface area contributed by atoms with Crippen molar-refractivity contribution in [3.8, 4) is 5.75 Å². The highest BCUT2D eigenvalue weighted by atomic mass is 32.2. The fourth-order valence-electron chi connectivity index (χ4n) is 3.21. The third-order valence-corrected chi connectivity index (χ3v) is 5.99. The highest BCUT2D eigenvalue weighted by Gasteiger charge is 2.70. The van der Waals surface area contributed by atoms with Gasteiger partial charge in [0, 0.05) is 18.2 Å². The maximum Gasteiger partial charge on any atom is 0.352 e. The first kappa shape index (κ1) is 22.2. The predicted octanol–water partition coefficient (Wildman–Crippen LogP) is -0.178. The van der Waals surface area contributed by atoms with Crippen molar-refractivity contribution >= 4 is 41.5 Å². The number of β-lactam (4-membered cyclic amide) rings is 1. The molecule has 1 saturated heterocycles. The number of esters is 1. The Labute approximate surface area is 180 Å². The molecule has 2 aliphatic rings. The number of amides is 2. The van der Waals surface area contributed by atoms with E-state index < -0.39 is 52.9 Å². The Morgan fingerprint density at radius 1 is 1.23 bits per heavy atom. The van der Waals surface area contributed by atoms with Crippen LogP contribution in [0.3, 0.4) is 0 Å². The van der Waals surface area contributed by atoms with E-state index in [4.69, 9.17) is 9.47 Å². The highest BCUT2D eigenvalue weighted by molar-refractivity contribution is 8.00. The van der Waals surface area contributed by atoms with Crippen LogP contribution >= 0.6 is 11.8 Å². The number of para-hydroxylation sites is 1. The highest BCUT2D eigenvalue weighted by Crippen LogP contribution is 2.46. The molecule has 3 N–H and O–H groups in total. The monoisotopic (exact) mass is 450 g/mol. The van der Waals surface area contributed by atoms with Gasteiger partial charge in [0.05, 0.1) is 0 Å². The largest absolute Gasteiger partial charge is 0.484 e. The van der Waals surface area contributed by atoms with Gasteiger partial charge in [-0.2, -0.15) is 0 Å². The van der Waals surface area contributed by atoms with Gasteiger partial charge in [0.15, 0.2) is 6.61 Å². The number of rotatable bonds is 8. The van der Waals surface area contributed by atoms with E-state index in [2.05, 4.69) is 5.32 Å². The number of carboxylic acids is 2. The Bertz CT molecular complexity index is 978. The third kappa shape index (κ3) is 4.06. The normalized spacial score (nSPS) is 22.2. The Balaban J connectivity index is 1.80. The van der Waals surface area contributed by atoms with Gasteiger partial charge in [0.25, 0.3) is 11.8 Å². The molecule has 11 nitrogen and oxygen atoms in total. The molecule has 0 aromatic heterocycles. The van der Waals surface area contributed by atoms with E-state index in [1.807, 2.05) is 0 Å². The molecule has 2 amide bonds. The molecule has 12 heteroatoms. The van der Waals surface area contributed by atoms with Crippen LogP contribution in [0, 0.1) is 0 Å². The number of nitrogens with zero attached hydrogens (tertiary/aromatic N) is 1. The average Bonchev–Trinajstić information content (AvgIpc) is 2.73. The molecule has 1 aromatic carbocycles. The number of aliphatic carboxylic acids is 2. The van der Waals surface area contributed by atoms with Gasteiger partial charge >= 0.3 is 17.9 Å². The number of carbonyl (C=O) groups excluding carboxylic acids is 3. The number of ether oxygens (including phenoxy) is 2.